The quantitative estimate of drug-likeness (QED) is 0.388. The van der Waals surface area contributed by atoms with E-state index in [1.807, 2.05) is 6.07 Å². The fourth-order valence-corrected chi connectivity index (χ4v) is 5.36. The lowest BCUT2D eigenvalue weighted by molar-refractivity contribution is 0.0524. The van der Waals surface area contributed by atoms with Gasteiger partial charge in [-0.15, -0.1) is 0 Å². The third-order valence-corrected chi connectivity index (χ3v) is 12.2. The summed E-state index contributed by atoms with van der Waals surface area (Å²) in [4.78, 5) is 27.6. The van der Waals surface area contributed by atoms with Crippen LogP contribution < -0.4 is 5.43 Å². The molecule has 0 saturated carbocycles. The molecule has 0 saturated heterocycles. The summed E-state index contributed by atoms with van der Waals surface area (Å²) in [5.41, 5.74) is 0.722. The average molecular weight is 456 g/mol. The molecule has 2 aromatic carbocycles. The zero-order chi connectivity index (χ0) is 23.8. The number of aliphatic hydroxyl groups excluding tert-OH is 1. The first-order valence-corrected chi connectivity index (χ1v) is 13.8. The molecule has 5 nitrogen and oxygen atoms in total. The van der Waals surface area contributed by atoms with Crippen molar-refractivity contribution >= 4 is 24.9 Å². The van der Waals surface area contributed by atoms with Crippen molar-refractivity contribution in [2.75, 3.05) is 6.61 Å². The molecule has 1 aromatic heterocycles. The molecule has 0 spiro atoms. The Kier molecular flexibility index (Phi) is 6.44. The van der Waals surface area contributed by atoms with Crippen molar-refractivity contribution in [2.24, 2.45) is 0 Å². The fourth-order valence-electron chi connectivity index (χ4n) is 3.53. The predicted molar refractivity (Wildman–Crippen MR) is 128 cm³/mol. The maximum Gasteiger partial charge on any atom is 0.343 e. The van der Waals surface area contributed by atoms with Gasteiger partial charge >= 0.3 is 5.97 Å². The zero-order valence-electron chi connectivity index (χ0n) is 19.4. The van der Waals surface area contributed by atoms with E-state index in [2.05, 4.69) is 38.8 Å². The Morgan fingerprint density at radius 1 is 1.22 bits per heavy atom. The number of fused-ring (bicyclic) bond motifs is 1. The van der Waals surface area contributed by atoms with Crippen molar-refractivity contribution in [2.45, 2.75) is 51.6 Å². The Morgan fingerprint density at radius 3 is 2.53 bits per heavy atom. The van der Waals surface area contributed by atoms with Crippen LogP contribution in [-0.2, 0) is 4.74 Å². The smallest absolute Gasteiger partial charge is 0.343 e. The van der Waals surface area contributed by atoms with E-state index in [9.17, 15) is 14.7 Å². The van der Waals surface area contributed by atoms with E-state index in [4.69, 9.17) is 4.74 Å². The van der Waals surface area contributed by atoms with Gasteiger partial charge in [-0.2, -0.15) is 0 Å². The molecule has 0 bridgehead atoms. The first kappa shape index (κ1) is 23.9. The Labute approximate surface area is 188 Å². The summed E-state index contributed by atoms with van der Waals surface area (Å²) in [5.74, 6) is -1.32. The third-order valence-electron chi connectivity index (χ3n) is 6.59. The molecule has 7 heteroatoms. The second-order valence-corrected chi connectivity index (χ2v) is 15.1. The maximum absolute atomic E-state index is 15.1. The number of carbonyl (C=O) groups excluding carboxylic acids is 1. The molecule has 0 aliphatic heterocycles. The molecular weight excluding hydrogens is 425 g/mol. The minimum Gasteiger partial charge on any atom is -0.462 e. The monoisotopic (exact) mass is 455 g/mol. The summed E-state index contributed by atoms with van der Waals surface area (Å²) in [5, 5.41) is 11.2. The highest BCUT2D eigenvalue weighted by atomic mass is 28.3. The van der Waals surface area contributed by atoms with E-state index >= 15 is 4.39 Å². The molecule has 0 fully saturated rings. The van der Waals surface area contributed by atoms with Crippen molar-refractivity contribution in [1.29, 1.82) is 0 Å². The predicted octanol–water partition coefficient (Wildman–Crippen LogP) is 5.59. The molecule has 0 aliphatic carbocycles. The fraction of sp³-hybridized carbons (Fsp3) is 0.360. The molecule has 170 valence electrons. The van der Waals surface area contributed by atoms with Gasteiger partial charge in [0, 0.05) is 17.1 Å². The number of ether oxygens (including phenoxy) is 1. The zero-order valence-corrected chi connectivity index (χ0v) is 20.4. The molecule has 1 heterocycles. The van der Waals surface area contributed by atoms with Crippen LogP contribution in [0.3, 0.4) is 0 Å². The molecule has 32 heavy (non-hydrogen) atoms. The molecular formula is C25H30FNO4Si. The van der Waals surface area contributed by atoms with Gasteiger partial charge in [0.25, 0.3) is 0 Å². The van der Waals surface area contributed by atoms with Gasteiger partial charge in [-0.25, -0.2) is 9.18 Å². The van der Waals surface area contributed by atoms with Gasteiger partial charge in [0.2, 0.25) is 5.43 Å². The standard InChI is InChI=1S/C25H30FNO4Si/c1-7-31-23(29)19-14-27-21-13-17(20(26)12-18(21)22(19)28)15-9-8-10-16(11-15)24(30)32(5,6)25(2,3)4/h8-14,24,30H,7H2,1-6H3,(H,27,28). The number of aliphatic hydroxyl groups is 1. The van der Waals surface area contributed by atoms with Crippen molar-refractivity contribution < 1.29 is 19.0 Å². The number of nitrogens with one attached hydrogen (secondary N) is 1. The summed E-state index contributed by atoms with van der Waals surface area (Å²) in [7, 11) is -2.09. The van der Waals surface area contributed by atoms with Crippen LogP contribution in [0.1, 0.15) is 49.3 Å². The lowest BCUT2D eigenvalue weighted by Crippen LogP contribution is -2.44. The highest BCUT2D eigenvalue weighted by molar-refractivity contribution is 6.81. The topological polar surface area (TPSA) is 79.4 Å². The number of rotatable bonds is 5. The first-order chi connectivity index (χ1) is 14.9. The van der Waals surface area contributed by atoms with Crippen LogP contribution in [0.4, 0.5) is 4.39 Å². The van der Waals surface area contributed by atoms with E-state index in [0.29, 0.717) is 16.6 Å². The summed E-state index contributed by atoms with van der Waals surface area (Å²) in [6.45, 7) is 12.5. The van der Waals surface area contributed by atoms with Gasteiger partial charge in [-0.1, -0.05) is 52.1 Å². The summed E-state index contributed by atoms with van der Waals surface area (Å²) < 4.78 is 20.0. The Hall–Kier alpha value is -2.77. The van der Waals surface area contributed by atoms with Crippen LogP contribution in [-0.4, -0.2) is 30.7 Å². The van der Waals surface area contributed by atoms with Gasteiger partial charge in [-0.3, -0.25) is 4.79 Å². The van der Waals surface area contributed by atoms with E-state index in [1.165, 1.54) is 6.20 Å². The average Bonchev–Trinajstić information content (AvgIpc) is 2.73. The number of pyridine rings is 1. The number of hydrogen-bond acceptors (Lipinski definition) is 4. The molecule has 1 unspecified atom stereocenters. The van der Waals surface area contributed by atoms with Crippen molar-refractivity contribution in [3.05, 3.63) is 69.8 Å². The molecule has 0 aliphatic rings. The van der Waals surface area contributed by atoms with Gasteiger partial charge in [0.1, 0.15) is 11.4 Å². The molecule has 2 N–H and O–H groups in total. The summed E-state index contributed by atoms with van der Waals surface area (Å²) in [6.07, 6.45) is 1.29. The van der Waals surface area contributed by atoms with E-state index in [-0.39, 0.29) is 22.6 Å². The van der Waals surface area contributed by atoms with Crippen LogP contribution in [0.25, 0.3) is 22.0 Å². The second kappa shape index (κ2) is 8.63. The normalized spacial score (nSPS) is 13.2. The summed E-state index contributed by atoms with van der Waals surface area (Å²) >= 11 is 0. The van der Waals surface area contributed by atoms with Crippen molar-refractivity contribution in [1.82, 2.24) is 4.98 Å². The number of halogens is 1. The molecule has 0 radical (unpaired) electrons. The minimum atomic E-state index is -2.09. The lowest BCUT2D eigenvalue weighted by atomic mass is 10.00. The third kappa shape index (κ3) is 4.27. The first-order valence-electron chi connectivity index (χ1n) is 10.7. The molecule has 3 rings (SSSR count). The molecule has 0 amide bonds. The van der Waals surface area contributed by atoms with Crippen molar-refractivity contribution in [3.63, 3.8) is 0 Å². The number of carbonyl (C=O) groups is 1. The Bertz CT molecular complexity index is 1230. The highest BCUT2D eigenvalue weighted by Gasteiger charge is 2.42. The van der Waals surface area contributed by atoms with E-state index in [0.717, 1.165) is 11.6 Å². The van der Waals surface area contributed by atoms with Gasteiger partial charge in [0.05, 0.1) is 25.9 Å². The van der Waals surface area contributed by atoms with E-state index < -0.39 is 31.0 Å². The Morgan fingerprint density at radius 2 is 1.91 bits per heavy atom. The summed E-state index contributed by atoms with van der Waals surface area (Å²) in [6, 6.07) is 9.94. The van der Waals surface area contributed by atoms with Crippen LogP contribution in [0.5, 0.6) is 0 Å². The maximum atomic E-state index is 15.1. The number of H-pyrrole nitrogens is 1. The van der Waals surface area contributed by atoms with Crippen LogP contribution in [0.2, 0.25) is 18.1 Å². The number of aromatic amines is 1. The van der Waals surface area contributed by atoms with Gasteiger partial charge < -0.3 is 14.8 Å². The number of hydrogen-bond donors (Lipinski definition) is 2. The van der Waals surface area contributed by atoms with Crippen LogP contribution in [0, 0.1) is 5.82 Å². The molecule has 3 aromatic rings. The minimum absolute atomic E-state index is 0.0211. The van der Waals surface area contributed by atoms with E-state index in [1.54, 1.807) is 31.2 Å². The van der Waals surface area contributed by atoms with Crippen LogP contribution >= 0.6 is 0 Å². The SMILES string of the molecule is CCOC(=O)c1c[nH]c2cc(-c3cccc(C(O)[Si](C)(C)C(C)(C)C)c3)c(F)cc2c1=O. The van der Waals surface area contributed by atoms with Crippen LogP contribution in [0.15, 0.2) is 47.4 Å². The number of esters is 1. The van der Waals surface area contributed by atoms with Crippen molar-refractivity contribution in [3.8, 4) is 11.1 Å². The number of benzene rings is 2. The Balaban J connectivity index is 2.08. The highest BCUT2D eigenvalue weighted by Crippen LogP contribution is 2.44. The second-order valence-electron chi connectivity index (χ2n) is 9.63. The molecule has 1 atom stereocenters. The van der Waals surface area contributed by atoms with Gasteiger partial charge in [-0.05, 0) is 41.3 Å². The lowest BCUT2D eigenvalue weighted by Gasteiger charge is -2.40. The van der Waals surface area contributed by atoms with Gasteiger partial charge in [0.15, 0.2) is 0 Å². The number of aromatic nitrogens is 1. The largest absolute Gasteiger partial charge is 0.462 e.